The summed E-state index contributed by atoms with van der Waals surface area (Å²) in [4.78, 5) is 2.51. The quantitative estimate of drug-likeness (QED) is 0.215. The minimum atomic E-state index is -0.0763. The average Bonchev–Trinajstić information content (AvgIpc) is 3.27. The fourth-order valence-corrected chi connectivity index (χ4v) is 7.06. The molecule has 0 bridgehead atoms. The van der Waals surface area contributed by atoms with Crippen LogP contribution < -0.4 is 4.90 Å². The van der Waals surface area contributed by atoms with E-state index in [-0.39, 0.29) is 5.41 Å². The summed E-state index contributed by atoms with van der Waals surface area (Å²) in [6, 6.07) is 44.8. The number of fused-ring (bicyclic) bond motifs is 5. The van der Waals surface area contributed by atoms with E-state index < -0.39 is 0 Å². The summed E-state index contributed by atoms with van der Waals surface area (Å²) in [5.74, 6) is 0. The van der Waals surface area contributed by atoms with Crippen molar-refractivity contribution >= 4 is 32.9 Å². The third-order valence-electron chi connectivity index (χ3n) is 9.23. The summed E-state index contributed by atoms with van der Waals surface area (Å²) >= 11 is 0. The molecule has 1 heteroatoms. The highest BCUT2D eigenvalue weighted by molar-refractivity contribution is 6.09. The second-order valence-electron chi connectivity index (χ2n) is 12.1. The van der Waals surface area contributed by atoms with Crippen LogP contribution in [-0.2, 0) is 5.41 Å². The lowest BCUT2D eigenvalue weighted by Gasteiger charge is -2.32. The molecule has 2 aliphatic carbocycles. The molecule has 0 fully saturated rings. The van der Waals surface area contributed by atoms with Crippen molar-refractivity contribution in [3.8, 4) is 22.3 Å². The first-order valence-electron chi connectivity index (χ1n) is 15.0. The van der Waals surface area contributed by atoms with E-state index in [4.69, 9.17) is 0 Å². The van der Waals surface area contributed by atoms with Crippen molar-refractivity contribution in [2.75, 3.05) is 4.90 Å². The highest BCUT2D eigenvalue weighted by Crippen LogP contribution is 2.56. The maximum Gasteiger partial charge on any atom is 0.0621 e. The lowest BCUT2D eigenvalue weighted by molar-refractivity contribution is 0.661. The maximum absolute atomic E-state index is 2.51. The molecule has 0 aromatic heterocycles. The molecule has 202 valence electrons. The van der Waals surface area contributed by atoms with Gasteiger partial charge in [0.25, 0.3) is 0 Å². The fourth-order valence-electron chi connectivity index (χ4n) is 7.06. The molecule has 0 heterocycles. The van der Waals surface area contributed by atoms with Crippen LogP contribution in [-0.4, -0.2) is 0 Å². The first kappa shape index (κ1) is 24.9. The van der Waals surface area contributed by atoms with Crippen molar-refractivity contribution < 1.29 is 0 Å². The molecule has 8 rings (SSSR count). The van der Waals surface area contributed by atoms with E-state index in [1.54, 1.807) is 0 Å². The van der Waals surface area contributed by atoms with Gasteiger partial charge in [-0.1, -0.05) is 123 Å². The normalized spacial score (nSPS) is 15.0. The molecule has 0 amide bonds. The minimum Gasteiger partial charge on any atom is -0.310 e. The first-order valence-corrected chi connectivity index (χ1v) is 15.0. The SMILES string of the molecule is CC1(C)c2ccccc2-c2c1cc1ccccc1c2N(C1=CCCC=C1)c1ccc(-c2ccc3ccccc3c2)cc1. The van der Waals surface area contributed by atoms with Gasteiger partial charge >= 0.3 is 0 Å². The predicted octanol–water partition coefficient (Wildman–Crippen LogP) is 11.3. The summed E-state index contributed by atoms with van der Waals surface area (Å²) in [5, 5.41) is 5.10. The molecule has 2 aliphatic rings. The summed E-state index contributed by atoms with van der Waals surface area (Å²) in [6.45, 7) is 4.75. The maximum atomic E-state index is 2.51. The van der Waals surface area contributed by atoms with Gasteiger partial charge in [0.2, 0.25) is 0 Å². The Kier molecular flexibility index (Phi) is 5.69. The molecule has 0 atom stereocenters. The lowest BCUT2D eigenvalue weighted by Crippen LogP contribution is -2.19. The Bertz CT molecular complexity index is 2060. The zero-order valence-corrected chi connectivity index (χ0v) is 24.1. The Balaban J connectivity index is 1.36. The molecule has 0 N–H and O–H groups in total. The van der Waals surface area contributed by atoms with Crippen molar-refractivity contribution in [3.05, 3.63) is 156 Å². The second-order valence-corrected chi connectivity index (χ2v) is 12.1. The molecular weight excluding hydrogens is 506 g/mol. The average molecular weight is 540 g/mol. The van der Waals surface area contributed by atoms with E-state index in [9.17, 15) is 0 Å². The molecule has 6 aromatic carbocycles. The second kappa shape index (κ2) is 9.60. The fraction of sp³-hybridized carbons (Fsp3) is 0.122. The van der Waals surface area contributed by atoms with Crippen LogP contribution in [0.15, 0.2) is 145 Å². The zero-order chi connectivity index (χ0) is 28.3. The number of hydrogen-bond acceptors (Lipinski definition) is 1. The van der Waals surface area contributed by atoms with Crippen LogP contribution in [0.1, 0.15) is 37.8 Å². The van der Waals surface area contributed by atoms with Crippen LogP contribution in [0.2, 0.25) is 0 Å². The molecule has 6 aromatic rings. The zero-order valence-electron chi connectivity index (χ0n) is 24.1. The van der Waals surface area contributed by atoms with Gasteiger partial charge in [0.1, 0.15) is 0 Å². The standard InChI is InChI=1S/C41H33N/c1-41(2)37-19-11-10-18-36(37)39-38(41)27-32-14-8-9-17-35(32)40(39)42(33-15-4-3-5-16-33)34-24-22-29(23-25-34)31-21-20-28-12-6-7-13-30(28)26-31/h4,6-27H,3,5H2,1-2H3. The molecule has 42 heavy (non-hydrogen) atoms. The Morgan fingerprint density at radius 1 is 0.595 bits per heavy atom. The van der Waals surface area contributed by atoms with Gasteiger partial charge in [-0.05, 0) is 87.2 Å². The summed E-state index contributed by atoms with van der Waals surface area (Å²) in [7, 11) is 0. The van der Waals surface area contributed by atoms with Crippen molar-refractivity contribution in [1.82, 2.24) is 0 Å². The van der Waals surface area contributed by atoms with E-state index in [0.29, 0.717) is 0 Å². The summed E-state index contributed by atoms with van der Waals surface area (Å²) < 4.78 is 0. The molecular formula is C41H33N. The van der Waals surface area contributed by atoms with Gasteiger partial charge < -0.3 is 4.90 Å². The number of anilines is 2. The van der Waals surface area contributed by atoms with E-state index in [1.807, 2.05) is 0 Å². The van der Waals surface area contributed by atoms with Crippen molar-refractivity contribution in [1.29, 1.82) is 0 Å². The van der Waals surface area contributed by atoms with Crippen LogP contribution in [0.5, 0.6) is 0 Å². The number of benzene rings is 6. The molecule has 0 saturated heterocycles. The van der Waals surface area contributed by atoms with Gasteiger partial charge in [-0.15, -0.1) is 0 Å². The van der Waals surface area contributed by atoms with Crippen LogP contribution in [0, 0.1) is 0 Å². The molecule has 0 saturated carbocycles. The summed E-state index contributed by atoms with van der Waals surface area (Å²) in [5.41, 5.74) is 11.6. The number of nitrogens with zero attached hydrogens (tertiary/aromatic N) is 1. The largest absolute Gasteiger partial charge is 0.310 e. The summed E-state index contributed by atoms with van der Waals surface area (Å²) in [6.07, 6.45) is 9.15. The van der Waals surface area contributed by atoms with Crippen LogP contribution in [0.4, 0.5) is 11.4 Å². The third kappa shape index (κ3) is 3.84. The predicted molar refractivity (Wildman–Crippen MR) is 179 cm³/mol. The monoisotopic (exact) mass is 539 g/mol. The van der Waals surface area contributed by atoms with Gasteiger partial charge in [-0.2, -0.15) is 0 Å². The Hall–Kier alpha value is -4.88. The van der Waals surface area contributed by atoms with Gasteiger partial charge in [0.05, 0.1) is 5.69 Å². The minimum absolute atomic E-state index is 0.0763. The van der Waals surface area contributed by atoms with E-state index in [2.05, 4.69) is 158 Å². The van der Waals surface area contributed by atoms with Crippen LogP contribution >= 0.6 is 0 Å². The van der Waals surface area contributed by atoms with E-state index in [0.717, 1.165) is 12.8 Å². The van der Waals surface area contributed by atoms with Crippen LogP contribution in [0.3, 0.4) is 0 Å². The van der Waals surface area contributed by atoms with Gasteiger partial charge in [-0.3, -0.25) is 0 Å². The number of hydrogen-bond donors (Lipinski definition) is 0. The van der Waals surface area contributed by atoms with Gasteiger partial charge in [-0.25, -0.2) is 0 Å². The highest BCUT2D eigenvalue weighted by Gasteiger charge is 2.39. The first-order chi connectivity index (χ1) is 20.6. The molecule has 0 spiro atoms. The van der Waals surface area contributed by atoms with E-state index in [1.165, 1.54) is 72.0 Å². The molecule has 0 radical (unpaired) electrons. The van der Waals surface area contributed by atoms with E-state index >= 15 is 0 Å². The number of rotatable bonds is 4. The van der Waals surface area contributed by atoms with Crippen molar-refractivity contribution in [3.63, 3.8) is 0 Å². The third-order valence-corrected chi connectivity index (χ3v) is 9.23. The molecule has 1 nitrogen and oxygen atoms in total. The van der Waals surface area contributed by atoms with Crippen molar-refractivity contribution in [2.45, 2.75) is 32.1 Å². The van der Waals surface area contributed by atoms with Crippen LogP contribution in [0.25, 0.3) is 43.8 Å². The lowest BCUT2D eigenvalue weighted by atomic mass is 9.81. The smallest absolute Gasteiger partial charge is 0.0621 e. The van der Waals surface area contributed by atoms with Crippen molar-refractivity contribution in [2.24, 2.45) is 0 Å². The molecule has 0 unspecified atom stereocenters. The number of allylic oxidation sites excluding steroid dienone is 3. The Labute approximate surface area is 248 Å². The van der Waals surface area contributed by atoms with Gasteiger partial charge in [0, 0.05) is 27.7 Å². The van der Waals surface area contributed by atoms with Gasteiger partial charge in [0.15, 0.2) is 0 Å². The Morgan fingerprint density at radius 2 is 1.31 bits per heavy atom. The topological polar surface area (TPSA) is 3.24 Å². The highest BCUT2D eigenvalue weighted by atomic mass is 15.2. The molecule has 0 aliphatic heterocycles. The Morgan fingerprint density at radius 3 is 2.12 bits per heavy atom.